The van der Waals surface area contributed by atoms with Gasteiger partial charge in [-0.05, 0) is 41.9 Å². The molecule has 0 fully saturated rings. The smallest absolute Gasteiger partial charge is 0.315 e. The maximum absolute atomic E-state index is 11.8. The van der Waals surface area contributed by atoms with Crippen molar-refractivity contribution in [2.45, 2.75) is 45.8 Å². The lowest BCUT2D eigenvalue weighted by molar-refractivity contribution is 0.0272. The minimum atomic E-state index is -0.681. The van der Waals surface area contributed by atoms with Crippen molar-refractivity contribution in [1.82, 2.24) is 10.6 Å². The van der Waals surface area contributed by atoms with Gasteiger partial charge in [-0.2, -0.15) is 0 Å². The number of hydrogen-bond acceptors (Lipinski definition) is 3. The van der Waals surface area contributed by atoms with Crippen LogP contribution in [0.2, 0.25) is 0 Å². The number of rotatable bonds is 8. The zero-order chi connectivity index (χ0) is 16.7. The second-order valence-electron chi connectivity index (χ2n) is 6.61. The quantitative estimate of drug-likeness (QED) is 0.686. The van der Waals surface area contributed by atoms with Crippen LogP contribution in [-0.4, -0.2) is 37.0 Å². The van der Waals surface area contributed by atoms with Crippen LogP contribution in [0.25, 0.3) is 0 Å². The number of nitrogens with one attached hydrogen (secondary N) is 2. The number of carbonyl (C=O) groups is 1. The highest BCUT2D eigenvalue weighted by molar-refractivity contribution is 5.73. The summed E-state index contributed by atoms with van der Waals surface area (Å²) in [6.07, 6.45) is 2.85. The molecule has 128 valence electrons. The molecule has 1 aliphatic rings. The summed E-state index contributed by atoms with van der Waals surface area (Å²) in [4.78, 5) is 11.8. The second kappa shape index (κ2) is 8.89. The zero-order valence-electron chi connectivity index (χ0n) is 14.1. The Morgan fingerprint density at radius 2 is 2.00 bits per heavy atom. The van der Waals surface area contributed by atoms with Gasteiger partial charge in [0.15, 0.2) is 0 Å². The Bertz CT molecular complexity index is 517. The van der Waals surface area contributed by atoms with Gasteiger partial charge in [-0.15, -0.1) is 0 Å². The molecule has 0 saturated carbocycles. The van der Waals surface area contributed by atoms with Gasteiger partial charge in [-0.3, -0.25) is 0 Å². The second-order valence-corrected chi connectivity index (χ2v) is 6.61. The Hall–Kier alpha value is -1.59. The molecule has 0 radical (unpaired) electrons. The van der Waals surface area contributed by atoms with Crippen LogP contribution in [0.5, 0.6) is 0 Å². The molecular weight excluding hydrogens is 292 g/mol. The standard InChI is InChI=1S/C18H28N2O3/c1-13(2)11-23-12-17(21)10-20-18(22)19-9-14-6-7-15-4-3-5-16(15)8-14/h6-8,13,17,21H,3-5,9-12H2,1-2H3,(H2,19,20,22). The summed E-state index contributed by atoms with van der Waals surface area (Å²) in [5.41, 5.74) is 3.95. The monoisotopic (exact) mass is 320 g/mol. The lowest BCUT2D eigenvalue weighted by atomic mass is 10.1. The fourth-order valence-corrected chi connectivity index (χ4v) is 2.69. The molecule has 5 heteroatoms. The van der Waals surface area contributed by atoms with Crippen molar-refractivity contribution in [3.8, 4) is 0 Å². The average Bonchev–Trinajstić information content (AvgIpc) is 2.98. The first kappa shape index (κ1) is 17.8. The van der Waals surface area contributed by atoms with Crippen LogP contribution in [0.3, 0.4) is 0 Å². The van der Waals surface area contributed by atoms with E-state index in [0.29, 0.717) is 19.1 Å². The summed E-state index contributed by atoms with van der Waals surface area (Å²) in [6.45, 7) is 5.64. The van der Waals surface area contributed by atoms with E-state index in [1.807, 2.05) is 0 Å². The molecule has 0 spiro atoms. The maximum atomic E-state index is 11.8. The molecule has 1 aromatic carbocycles. The highest BCUT2D eigenvalue weighted by Gasteiger charge is 2.11. The number of benzene rings is 1. The third-order valence-corrected chi connectivity index (χ3v) is 3.88. The first-order valence-corrected chi connectivity index (χ1v) is 8.42. The first-order valence-electron chi connectivity index (χ1n) is 8.42. The molecule has 1 aliphatic carbocycles. The summed E-state index contributed by atoms with van der Waals surface area (Å²) >= 11 is 0. The summed E-state index contributed by atoms with van der Waals surface area (Å²) in [5.74, 6) is 0.436. The van der Waals surface area contributed by atoms with E-state index < -0.39 is 6.10 Å². The Balaban J connectivity index is 1.63. The Morgan fingerprint density at radius 1 is 1.22 bits per heavy atom. The number of ether oxygens (including phenoxy) is 1. The molecule has 3 N–H and O–H groups in total. The van der Waals surface area contributed by atoms with Gasteiger partial charge in [-0.1, -0.05) is 32.0 Å². The van der Waals surface area contributed by atoms with Crippen LogP contribution in [0.1, 0.15) is 37.0 Å². The summed E-state index contributed by atoms with van der Waals surface area (Å²) in [7, 11) is 0. The lowest BCUT2D eigenvalue weighted by Crippen LogP contribution is -2.40. The van der Waals surface area contributed by atoms with Crippen molar-refractivity contribution in [1.29, 1.82) is 0 Å². The van der Waals surface area contributed by atoms with E-state index in [-0.39, 0.29) is 19.2 Å². The molecule has 0 aromatic heterocycles. The van der Waals surface area contributed by atoms with Gasteiger partial charge in [0, 0.05) is 19.7 Å². The highest BCUT2D eigenvalue weighted by Crippen LogP contribution is 2.22. The fraction of sp³-hybridized carbons (Fsp3) is 0.611. The molecule has 1 atom stereocenters. The number of carbonyl (C=O) groups excluding carboxylic acids is 1. The highest BCUT2D eigenvalue weighted by atomic mass is 16.5. The molecule has 0 aliphatic heterocycles. The molecule has 0 heterocycles. The molecule has 2 amide bonds. The maximum Gasteiger partial charge on any atom is 0.315 e. The van der Waals surface area contributed by atoms with E-state index >= 15 is 0 Å². The van der Waals surface area contributed by atoms with E-state index in [1.165, 1.54) is 24.0 Å². The van der Waals surface area contributed by atoms with Crippen molar-refractivity contribution in [2.24, 2.45) is 5.92 Å². The summed E-state index contributed by atoms with van der Waals surface area (Å²) in [5, 5.41) is 15.2. The van der Waals surface area contributed by atoms with Gasteiger partial charge in [0.2, 0.25) is 0 Å². The molecular formula is C18H28N2O3. The number of aryl methyl sites for hydroxylation is 2. The van der Waals surface area contributed by atoms with Gasteiger partial charge >= 0.3 is 6.03 Å². The number of fused-ring (bicyclic) bond motifs is 1. The van der Waals surface area contributed by atoms with Gasteiger partial charge in [-0.25, -0.2) is 4.79 Å². The zero-order valence-corrected chi connectivity index (χ0v) is 14.1. The molecule has 5 nitrogen and oxygen atoms in total. The van der Waals surface area contributed by atoms with Gasteiger partial charge in [0.25, 0.3) is 0 Å². The normalized spacial score (nSPS) is 14.6. The molecule has 1 aromatic rings. The van der Waals surface area contributed by atoms with Gasteiger partial charge < -0.3 is 20.5 Å². The summed E-state index contributed by atoms with van der Waals surface area (Å²) < 4.78 is 5.34. The van der Waals surface area contributed by atoms with Crippen LogP contribution >= 0.6 is 0 Å². The van der Waals surface area contributed by atoms with Gasteiger partial charge in [0.05, 0.1) is 12.7 Å². The Kier molecular flexibility index (Phi) is 6.86. The number of hydrogen-bond donors (Lipinski definition) is 3. The number of urea groups is 1. The minimum Gasteiger partial charge on any atom is -0.389 e. The molecule has 2 rings (SSSR count). The minimum absolute atomic E-state index is 0.189. The van der Waals surface area contributed by atoms with E-state index in [1.54, 1.807) is 0 Å². The third kappa shape index (κ3) is 6.20. The van der Waals surface area contributed by atoms with Crippen molar-refractivity contribution in [3.05, 3.63) is 34.9 Å². The van der Waals surface area contributed by atoms with Crippen molar-refractivity contribution in [2.75, 3.05) is 19.8 Å². The van der Waals surface area contributed by atoms with Crippen molar-refractivity contribution in [3.63, 3.8) is 0 Å². The predicted molar refractivity (Wildman–Crippen MR) is 90.4 cm³/mol. The number of aliphatic hydroxyl groups is 1. The Morgan fingerprint density at radius 3 is 2.78 bits per heavy atom. The first-order chi connectivity index (χ1) is 11.0. The molecule has 0 saturated heterocycles. The topological polar surface area (TPSA) is 70.6 Å². The van der Waals surface area contributed by atoms with Crippen LogP contribution in [-0.2, 0) is 24.1 Å². The van der Waals surface area contributed by atoms with E-state index in [0.717, 1.165) is 12.0 Å². The SMILES string of the molecule is CC(C)COCC(O)CNC(=O)NCc1ccc2c(c1)CCC2. The Labute approximate surface area is 138 Å². The van der Waals surface area contributed by atoms with Crippen LogP contribution in [0, 0.1) is 5.92 Å². The van der Waals surface area contributed by atoms with E-state index in [2.05, 4.69) is 42.7 Å². The fourth-order valence-electron chi connectivity index (χ4n) is 2.69. The number of aliphatic hydroxyl groups excluding tert-OH is 1. The lowest BCUT2D eigenvalue weighted by Gasteiger charge is -2.14. The van der Waals surface area contributed by atoms with Crippen molar-refractivity contribution >= 4 is 6.03 Å². The molecule has 0 bridgehead atoms. The predicted octanol–water partition coefficient (Wildman–Crippen LogP) is 2.01. The largest absolute Gasteiger partial charge is 0.389 e. The van der Waals surface area contributed by atoms with Crippen molar-refractivity contribution < 1.29 is 14.6 Å². The van der Waals surface area contributed by atoms with Crippen LogP contribution in [0.15, 0.2) is 18.2 Å². The van der Waals surface area contributed by atoms with Crippen LogP contribution in [0.4, 0.5) is 4.79 Å². The van der Waals surface area contributed by atoms with Gasteiger partial charge in [0.1, 0.15) is 0 Å². The molecule has 23 heavy (non-hydrogen) atoms. The average molecular weight is 320 g/mol. The molecule has 1 unspecified atom stereocenters. The van der Waals surface area contributed by atoms with E-state index in [9.17, 15) is 9.90 Å². The van der Waals surface area contributed by atoms with Crippen LogP contribution < -0.4 is 10.6 Å². The number of amides is 2. The van der Waals surface area contributed by atoms with E-state index in [4.69, 9.17) is 4.74 Å². The third-order valence-electron chi connectivity index (χ3n) is 3.88. The summed E-state index contributed by atoms with van der Waals surface area (Å²) in [6, 6.07) is 6.14.